The maximum Gasteiger partial charge on any atom is -0.0236 e. The van der Waals surface area contributed by atoms with Crippen molar-refractivity contribution in [2.75, 3.05) is 0 Å². The second-order valence-electron chi connectivity index (χ2n) is 7.37. The van der Waals surface area contributed by atoms with E-state index in [0.717, 1.165) is 29.6 Å². The third-order valence-corrected chi connectivity index (χ3v) is 6.07. The zero-order valence-electron chi connectivity index (χ0n) is 11.9. The molecule has 0 amide bonds. The van der Waals surface area contributed by atoms with E-state index in [4.69, 9.17) is 0 Å². The molecule has 0 aromatic rings. The highest BCUT2D eigenvalue weighted by molar-refractivity contribution is 4.88. The van der Waals surface area contributed by atoms with Crippen LogP contribution in [0.15, 0.2) is 12.7 Å². The van der Waals surface area contributed by atoms with Gasteiger partial charge in [0.15, 0.2) is 0 Å². The van der Waals surface area contributed by atoms with Gasteiger partial charge in [-0.3, -0.25) is 0 Å². The zero-order valence-corrected chi connectivity index (χ0v) is 11.9. The van der Waals surface area contributed by atoms with Crippen molar-refractivity contribution in [3.8, 4) is 0 Å². The molecule has 0 heterocycles. The van der Waals surface area contributed by atoms with Crippen LogP contribution in [0.5, 0.6) is 0 Å². The van der Waals surface area contributed by atoms with E-state index >= 15 is 0 Å². The Labute approximate surface area is 113 Å². The van der Waals surface area contributed by atoms with E-state index in [1.165, 1.54) is 25.7 Å². The molecule has 0 saturated heterocycles. The van der Waals surface area contributed by atoms with Crippen LogP contribution in [0, 0.1) is 29.6 Å². The molecule has 3 fully saturated rings. The predicted octanol–water partition coefficient (Wildman–Crippen LogP) is 5.59. The molecule has 0 heteroatoms. The standard InChI is InChI=1S/C18H30/c1-2-14-5-9-17(10-6-14)18-11-7-16(8-12-18)13-15-3-4-15/h2,14-18H,1,3-13H2. The Hall–Kier alpha value is -0.260. The smallest absolute Gasteiger partial charge is 0.0236 e. The van der Waals surface area contributed by atoms with Crippen LogP contribution in [0.4, 0.5) is 0 Å². The molecule has 18 heavy (non-hydrogen) atoms. The molecule has 0 spiro atoms. The van der Waals surface area contributed by atoms with Crippen LogP contribution in [0.1, 0.15) is 70.6 Å². The third kappa shape index (κ3) is 3.19. The molecule has 0 aromatic carbocycles. The largest absolute Gasteiger partial charge is 0.103 e. The highest BCUT2D eigenvalue weighted by atomic mass is 14.4. The van der Waals surface area contributed by atoms with E-state index in [1.54, 1.807) is 44.9 Å². The summed E-state index contributed by atoms with van der Waals surface area (Å²) in [6, 6.07) is 0. The predicted molar refractivity (Wildman–Crippen MR) is 78.4 cm³/mol. The SMILES string of the molecule is C=CC1CCC(C2CCC(CC3CC3)CC2)CC1. The van der Waals surface area contributed by atoms with Gasteiger partial charge in [-0.15, -0.1) is 6.58 Å². The second kappa shape index (κ2) is 5.80. The summed E-state index contributed by atoms with van der Waals surface area (Å²) in [4.78, 5) is 0. The Morgan fingerprint density at radius 3 is 1.56 bits per heavy atom. The van der Waals surface area contributed by atoms with Gasteiger partial charge in [0.2, 0.25) is 0 Å². The molecular weight excluding hydrogens is 216 g/mol. The van der Waals surface area contributed by atoms with Crippen LogP contribution < -0.4 is 0 Å². The maximum atomic E-state index is 3.97. The molecule has 3 saturated carbocycles. The first-order valence-corrected chi connectivity index (χ1v) is 8.47. The Bertz CT molecular complexity index is 260. The number of hydrogen-bond donors (Lipinski definition) is 0. The summed E-state index contributed by atoms with van der Waals surface area (Å²) >= 11 is 0. The van der Waals surface area contributed by atoms with Gasteiger partial charge in [-0.1, -0.05) is 31.8 Å². The second-order valence-corrected chi connectivity index (χ2v) is 7.37. The van der Waals surface area contributed by atoms with Crippen LogP contribution in [0.3, 0.4) is 0 Å². The number of rotatable bonds is 4. The fourth-order valence-corrected chi connectivity index (χ4v) is 4.57. The first kappa shape index (κ1) is 12.8. The molecule has 0 radical (unpaired) electrons. The normalized spacial score (nSPS) is 41.6. The first-order chi connectivity index (χ1) is 8.85. The molecular formula is C18H30. The molecule has 3 aliphatic carbocycles. The van der Waals surface area contributed by atoms with Crippen LogP contribution in [-0.4, -0.2) is 0 Å². The highest BCUT2D eigenvalue weighted by Gasteiger charge is 2.32. The lowest BCUT2D eigenvalue weighted by atomic mass is 9.68. The molecule has 0 bridgehead atoms. The van der Waals surface area contributed by atoms with Gasteiger partial charge in [0, 0.05) is 0 Å². The van der Waals surface area contributed by atoms with Crippen LogP contribution in [-0.2, 0) is 0 Å². The fourth-order valence-electron chi connectivity index (χ4n) is 4.57. The van der Waals surface area contributed by atoms with Gasteiger partial charge < -0.3 is 0 Å². The van der Waals surface area contributed by atoms with Crippen molar-refractivity contribution in [1.29, 1.82) is 0 Å². The van der Waals surface area contributed by atoms with E-state index in [-0.39, 0.29) is 0 Å². The molecule has 0 aromatic heterocycles. The fraction of sp³-hybridized carbons (Fsp3) is 0.889. The lowest BCUT2D eigenvalue weighted by Crippen LogP contribution is -2.25. The molecule has 102 valence electrons. The van der Waals surface area contributed by atoms with E-state index in [1.807, 2.05) is 0 Å². The molecule has 0 unspecified atom stereocenters. The van der Waals surface area contributed by atoms with Crippen LogP contribution in [0.2, 0.25) is 0 Å². The molecule has 3 aliphatic rings. The molecule has 0 nitrogen and oxygen atoms in total. The van der Waals surface area contributed by atoms with Gasteiger partial charge in [0.05, 0.1) is 0 Å². The van der Waals surface area contributed by atoms with Gasteiger partial charge in [-0.05, 0) is 74.5 Å². The minimum absolute atomic E-state index is 0.840. The lowest BCUT2D eigenvalue weighted by Gasteiger charge is -2.37. The summed E-state index contributed by atoms with van der Waals surface area (Å²) < 4.78 is 0. The van der Waals surface area contributed by atoms with E-state index < -0.39 is 0 Å². The van der Waals surface area contributed by atoms with Gasteiger partial charge in [-0.2, -0.15) is 0 Å². The van der Waals surface area contributed by atoms with Crippen molar-refractivity contribution < 1.29 is 0 Å². The molecule has 0 N–H and O–H groups in total. The van der Waals surface area contributed by atoms with E-state index in [9.17, 15) is 0 Å². The van der Waals surface area contributed by atoms with E-state index in [2.05, 4.69) is 12.7 Å². The Morgan fingerprint density at radius 2 is 1.11 bits per heavy atom. The number of allylic oxidation sites excluding steroid dienone is 1. The van der Waals surface area contributed by atoms with Crippen LogP contribution >= 0.6 is 0 Å². The zero-order chi connectivity index (χ0) is 12.4. The average Bonchev–Trinajstić information content (AvgIpc) is 3.24. The lowest BCUT2D eigenvalue weighted by molar-refractivity contribution is 0.150. The quantitative estimate of drug-likeness (QED) is 0.568. The van der Waals surface area contributed by atoms with Gasteiger partial charge >= 0.3 is 0 Å². The van der Waals surface area contributed by atoms with Gasteiger partial charge in [-0.25, -0.2) is 0 Å². The summed E-state index contributed by atoms with van der Waals surface area (Å²) in [5.74, 6) is 5.26. The Morgan fingerprint density at radius 1 is 0.667 bits per heavy atom. The monoisotopic (exact) mass is 246 g/mol. The topological polar surface area (TPSA) is 0 Å². The summed E-state index contributed by atoms with van der Waals surface area (Å²) in [7, 11) is 0. The van der Waals surface area contributed by atoms with Gasteiger partial charge in [0.1, 0.15) is 0 Å². The van der Waals surface area contributed by atoms with Gasteiger partial charge in [0.25, 0.3) is 0 Å². The Balaban J connectivity index is 1.40. The van der Waals surface area contributed by atoms with Crippen molar-refractivity contribution in [3.05, 3.63) is 12.7 Å². The van der Waals surface area contributed by atoms with Crippen molar-refractivity contribution in [1.82, 2.24) is 0 Å². The van der Waals surface area contributed by atoms with Crippen LogP contribution in [0.25, 0.3) is 0 Å². The molecule has 3 rings (SSSR count). The Kier molecular flexibility index (Phi) is 4.11. The number of hydrogen-bond acceptors (Lipinski definition) is 0. The summed E-state index contributed by atoms with van der Waals surface area (Å²) in [6.45, 7) is 3.97. The first-order valence-electron chi connectivity index (χ1n) is 8.47. The third-order valence-electron chi connectivity index (χ3n) is 6.07. The van der Waals surface area contributed by atoms with Crippen molar-refractivity contribution >= 4 is 0 Å². The minimum Gasteiger partial charge on any atom is -0.103 e. The summed E-state index contributed by atoms with van der Waals surface area (Å²) in [5, 5.41) is 0. The van der Waals surface area contributed by atoms with Crippen molar-refractivity contribution in [3.63, 3.8) is 0 Å². The van der Waals surface area contributed by atoms with Crippen molar-refractivity contribution in [2.24, 2.45) is 29.6 Å². The summed E-state index contributed by atoms with van der Waals surface area (Å²) in [6.07, 6.45) is 18.9. The maximum absolute atomic E-state index is 3.97. The molecule has 0 atom stereocenters. The molecule has 0 aliphatic heterocycles. The van der Waals surface area contributed by atoms with Crippen molar-refractivity contribution in [2.45, 2.75) is 70.6 Å². The van der Waals surface area contributed by atoms with E-state index in [0.29, 0.717) is 0 Å². The average molecular weight is 246 g/mol. The summed E-state index contributed by atoms with van der Waals surface area (Å²) in [5.41, 5.74) is 0. The highest BCUT2D eigenvalue weighted by Crippen LogP contribution is 2.45. The minimum atomic E-state index is 0.840.